The van der Waals surface area contributed by atoms with Gasteiger partial charge in [0.2, 0.25) is 0 Å². The fourth-order valence-electron chi connectivity index (χ4n) is 4.39. The predicted molar refractivity (Wildman–Crippen MR) is 154 cm³/mol. The summed E-state index contributed by atoms with van der Waals surface area (Å²) in [4.78, 5) is 22.3. The van der Waals surface area contributed by atoms with Gasteiger partial charge < -0.3 is 15.0 Å². The van der Waals surface area contributed by atoms with E-state index in [2.05, 4.69) is 27.1 Å². The molecule has 6 nitrogen and oxygen atoms in total. The standard InChI is InChI=1S/C30H31ClN4O2S/c1-34-13-15-35(16-14-34)19-22-7-9-24(10-8-22)30(36)33-28-21-38-29(32-28)18-25-17-26(31)11-12-27(25)37-20-23-5-3-2-4-6-23/h2-12,17,21H,13-16,18-20H2,1H3,(H,33,36). The van der Waals surface area contributed by atoms with Gasteiger partial charge in [-0.15, -0.1) is 11.3 Å². The largest absolute Gasteiger partial charge is 0.489 e. The molecule has 0 radical (unpaired) electrons. The number of likely N-dealkylation sites (N-methyl/N-ethyl adjacent to an activating group) is 1. The molecule has 0 saturated carbocycles. The van der Waals surface area contributed by atoms with Gasteiger partial charge in [0.05, 0.1) is 5.01 Å². The first-order valence-electron chi connectivity index (χ1n) is 12.7. The maximum atomic E-state index is 12.8. The highest BCUT2D eigenvalue weighted by atomic mass is 35.5. The van der Waals surface area contributed by atoms with Gasteiger partial charge in [0, 0.05) is 60.7 Å². The number of hydrogen-bond acceptors (Lipinski definition) is 6. The molecule has 8 heteroatoms. The molecule has 0 atom stereocenters. The molecule has 1 saturated heterocycles. The Kier molecular flexibility index (Phi) is 8.71. The molecule has 0 spiro atoms. The number of thiazole rings is 1. The molecular weight excluding hydrogens is 516 g/mol. The van der Waals surface area contributed by atoms with E-state index in [1.807, 2.05) is 78.2 Å². The molecular formula is C30H31ClN4O2S. The quantitative estimate of drug-likeness (QED) is 0.280. The van der Waals surface area contributed by atoms with Crippen molar-refractivity contribution in [2.24, 2.45) is 0 Å². The van der Waals surface area contributed by atoms with Crippen LogP contribution in [0.5, 0.6) is 5.75 Å². The predicted octanol–water partition coefficient (Wildman–Crippen LogP) is 5.97. The van der Waals surface area contributed by atoms with Crippen molar-refractivity contribution in [1.82, 2.24) is 14.8 Å². The summed E-state index contributed by atoms with van der Waals surface area (Å²) in [5, 5.41) is 6.31. The van der Waals surface area contributed by atoms with Crippen molar-refractivity contribution in [3.63, 3.8) is 0 Å². The van der Waals surface area contributed by atoms with Crippen LogP contribution in [0.4, 0.5) is 5.82 Å². The van der Waals surface area contributed by atoms with Crippen LogP contribution in [-0.4, -0.2) is 53.9 Å². The van der Waals surface area contributed by atoms with Gasteiger partial charge in [0.15, 0.2) is 0 Å². The number of aromatic nitrogens is 1. The third-order valence-corrected chi connectivity index (χ3v) is 7.70. The van der Waals surface area contributed by atoms with Crippen molar-refractivity contribution in [2.75, 3.05) is 38.5 Å². The molecule has 0 unspecified atom stereocenters. The first-order chi connectivity index (χ1) is 18.5. The minimum absolute atomic E-state index is 0.164. The van der Waals surface area contributed by atoms with E-state index in [1.165, 1.54) is 16.9 Å². The molecule has 2 heterocycles. The highest BCUT2D eigenvalue weighted by Gasteiger charge is 2.15. The highest BCUT2D eigenvalue weighted by molar-refractivity contribution is 7.10. The molecule has 1 fully saturated rings. The third-order valence-electron chi connectivity index (χ3n) is 6.61. The molecule has 0 aliphatic carbocycles. The lowest BCUT2D eigenvalue weighted by atomic mass is 10.1. The van der Waals surface area contributed by atoms with Crippen LogP contribution in [0.1, 0.15) is 32.1 Å². The second kappa shape index (κ2) is 12.5. The Morgan fingerprint density at radius 1 is 1.00 bits per heavy atom. The summed E-state index contributed by atoms with van der Waals surface area (Å²) in [5.41, 5.74) is 3.89. The van der Waals surface area contributed by atoms with Crippen LogP contribution < -0.4 is 10.1 Å². The van der Waals surface area contributed by atoms with E-state index in [0.717, 1.165) is 54.6 Å². The van der Waals surface area contributed by atoms with Gasteiger partial charge in [0.1, 0.15) is 18.2 Å². The first-order valence-corrected chi connectivity index (χ1v) is 14.0. The number of carbonyl (C=O) groups excluding carboxylic acids is 1. The number of amides is 1. The van der Waals surface area contributed by atoms with E-state index in [1.54, 1.807) is 0 Å². The van der Waals surface area contributed by atoms with Crippen molar-refractivity contribution in [1.29, 1.82) is 0 Å². The summed E-state index contributed by atoms with van der Waals surface area (Å²) in [5.74, 6) is 1.16. The lowest BCUT2D eigenvalue weighted by Gasteiger charge is -2.32. The Morgan fingerprint density at radius 2 is 1.76 bits per heavy atom. The van der Waals surface area contributed by atoms with Gasteiger partial charge >= 0.3 is 0 Å². The molecule has 4 aromatic rings. The smallest absolute Gasteiger partial charge is 0.256 e. The topological polar surface area (TPSA) is 57.7 Å². The number of rotatable bonds is 9. The fraction of sp³-hybridized carbons (Fsp3) is 0.267. The minimum atomic E-state index is -0.164. The van der Waals surface area contributed by atoms with Crippen LogP contribution in [0.25, 0.3) is 0 Å². The number of halogens is 1. The molecule has 1 aliphatic rings. The second-order valence-corrected chi connectivity index (χ2v) is 10.9. The fourth-order valence-corrected chi connectivity index (χ4v) is 5.33. The van der Waals surface area contributed by atoms with Crippen LogP contribution >= 0.6 is 22.9 Å². The molecule has 5 rings (SSSR count). The van der Waals surface area contributed by atoms with E-state index in [4.69, 9.17) is 16.3 Å². The van der Waals surface area contributed by atoms with Gasteiger partial charge in [-0.05, 0) is 48.5 Å². The molecule has 0 bridgehead atoms. The molecule has 3 aromatic carbocycles. The lowest BCUT2D eigenvalue weighted by Crippen LogP contribution is -2.43. The maximum absolute atomic E-state index is 12.8. The van der Waals surface area contributed by atoms with Crippen molar-refractivity contribution in [2.45, 2.75) is 19.6 Å². The zero-order valence-electron chi connectivity index (χ0n) is 21.4. The molecule has 38 heavy (non-hydrogen) atoms. The normalized spacial score (nSPS) is 14.4. The Hall–Kier alpha value is -3.23. The summed E-state index contributed by atoms with van der Waals surface area (Å²) >= 11 is 7.78. The Balaban J connectivity index is 1.18. The van der Waals surface area contributed by atoms with E-state index in [0.29, 0.717) is 29.4 Å². The molecule has 1 amide bonds. The van der Waals surface area contributed by atoms with Crippen molar-refractivity contribution in [3.05, 3.63) is 110 Å². The van der Waals surface area contributed by atoms with Crippen molar-refractivity contribution >= 4 is 34.7 Å². The SMILES string of the molecule is CN1CCN(Cc2ccc(C(=O)Nc3csc(Cc4cc(Cl)ccc4OCc4ccccc4)n3)cc2)CC1. The maximum Gasteiger partial charge on any atom is 0.256 e. The first kappa shape index (κ1) is 26.4. The Bertz CT molecular complexity index is 1350. The van der Waals surface area contributed by atoms with Crippen molar-refractivity contribution < 1.29 is 9.53 Å². The lowest BCUT2D eigenvalue weighted by molar-refractivity contribution is 0.102. The summed E-state index contributed by atoms with van der Waals surface area (Å²) < 4.78 is 6.09. The number of nitrogens with one attached hydrogen (secondary N) is 1. The highest BCUT2D eigenvalue weighted by Crippen LogP contribution is 2.28. The zero-order valence-corrected chi connectivity index (χ0v) is 23.0. The number of hydrogen-bond donors (Lipinski definition) is 1. The van der Waals surface area contributed by atoms with Gasteiger partial charge in [-0.1, -0.05) is 54.1 Å². The second-order valence-electron chi connectivity index (χ2n) is 9.56. The van der Waals surface area contributed by atoms with Crippen LogP contribution in [-0.2, 0) is 19.6 Å². The number of anilines is 1. The monoisotopic (exact) mass is 546 g/mol. The van der Waals surface area contributed by atoms with E-state index >= 15 is 0 Å². The van der Waals surface area contributed by atoms with E-state index in [9.17, 15) is 4.79 Å². The number of nitrogens with zero attached hydrogens (tertiary/aromatic N) is 3. The third kappa shape index (κ3) is 7.20. The van der Waals surface area contributed by atoms with Gasteiger partial charge in [-0.3, -0.25) is 9.69 Å². The average molecular weight is 547 g/mol. The summed E-state index contributed by atoms with van der Waals surface area (Å²) in [6, 6.07) is 23.5. The van der Waals surface area contributed by atoms with Crippen molar-refractivity contribution in [3.8, 4) is 5.75 Å². The van der Waals surface area contributed by atoms with Crippen LogP contribution in [0.2, 0.25) is 5.02 Å². The molecule has 1 aromatic heterocycles. The number of benzene rings is 3. The van der Waals surface area contributed by atoms with Gasteiger partial charge in [-0.25, -0.2) is 4.98 Å². The minimum Gasteiger partial charge on any atom is -0.489 e. The van der Waals surface area contributed by atoms with Crippen LogP contribution in [0, 0.1) is 0 Å². The molecule has 1 aliphatic heterocycles. The Labute approximate surface area is 232 Å². The zero-order chi connectivity index (χ0) is 26.3. The Morgan fingerprint density at radius 3 is 2.53 bits per heavy atom. The van der Waals surface area contributed by atoms with Gasteiger partial charge in [-0.2, -0.15) is 0 Å². The summed E-state index contributed by atoms with van der Waals surface area (Å²) in [6.45, 7) is 5.71. The number of piperazine rings is 1. The summed E-state index contributed by atoms with van der Waals surface area (Å²) in [7, 11) is 2.16. The van der Waals surface area contributed by atoms with Crippen LogP contribution in [0.3, 0.4) is 0 Å². The average Bonchev–Trinajstić information content (AvgIpc) is 3.37. The number of carbonyl (C=O) groups is 1. The van der Waals surface area contributed by atoms with E-state index < -0.39 is 0 Å². The van der Waals surface area contributed by atoms with Crippen LogP contribution in [0.15, 0.2) is 78.2 Å². The van der Waals surface area contributed by atoms with Gasteiger partial charge in [0.25, 0.3) is 5.91 Å². The molecule has 196 valence electrons. The number of ether oxygens (including phenoxy) is 1. The summed E-state index contributed by atoms with van der Waals surface area (Å²) in [6.07, 6.45) is 0.562. The molecule has 1 N–H and O–H groups in total. The van der Waals surface area contributed by atoms with E-state index in [-0.39, 0.29) is 5.91 Å².